The number of halogens is 3. The van der Waals surface area contributed by atoms with Crippen LogP contribution in [-0.2, 0) is 0 Å². The molecule has 2 nitrogen and oxygen atoms in total. The van der Waals surface area contributed by atoms with Crippen molar-refractivity contribution in [2.24, 2.45) is 0 Å². The standard InChI is InChI=1S/C15H8BrF2NO/c16-14-9(17)6-10(18)15-13(14)12(20)7-11(19-15)8-4-2-1-3-5-8/h1-7H,(H,19,20). The fourth-order valence-electron chi connectivity index (χ4n) is 2.10. The van der Waals surface area contributed by atoms with Gasteiger partial charge in [0, 0.05) is 17.8 Å². The second-order valence-corrected chi connectivity index (χ2v) is 5.11. The first-order valence-electron chi connectivity index (χ1n) is 5.84. The highest BCUT2D eigenvalue weighted by atomic mass is 79.9. The Morgan fingerprint density at radius 2 is 1.70 bits per heavy atom. The molecule has 0 fully saturated rings. The lowest BCUT2D eigenvalue weighted by molar-refractivity contribution is 0.586. The number of aromatic amines is 1. The normalized spacial score (nSPS) is 10.9. The lowest BCUT2D eigenvalue weighted by Crippen LogP contribution is -2.06. The fourth-order valence-corrected chi connectivity index (χ4v) is 2.60. The molecule has 0 radical (unpaired) electrons. The van der Waals surface area contributed by atoms with Gasteiger partial charge in [-0.25, -0.2) is 8.78 Å². The number of benzene rings is 2. The molecule has 0 saturated heterocycles. The van der Waals surface area contributed by atoms with E-state index < -0.39 is 17.1 Å². The summed E-state index contributed by atoms with van der Waals surface area (Å²) < 4.78 is 27.3. The first-order chi connectivity index (χ1) is 9.58. The van der Waals surface area contributed by atoms with E-state index in [1.165, 1.54) is 6.07 Å². The Labute approximate surface area is 121 Å². The molecule has 0 atom stereocenters. The first kappa shape index (κ1) is 13.0. The van der Waals surface area contributed by atoms with Crippen molar-refractivity contribution in [2.45, 2.75) is 0 Å². The van der Waals surface area contributed by atoms with Gasteiger partial charge in [0.1, 0.15) is 11.6 Å². The van der Waals surface area contributed by atoms with Crippen molar-refractivity contribution in [1.82, 2.24) is 4.98 Å². The summed E-state index contributed by atoms with van der Waals surface area (Å²) >= 11 is 2.98. The van der Waals surface area contributed by atoms with E-state index in [0.717, 1.165) is 11.6 Å². The third kappa shape index (κ3) is 2.04. The molecule has 0 aliphatic carbocycles. The van der Waals surface area contributed by atoms with Crippen LogP contribution in [0.2, 0.25) is 0 Å². The molecule has 0 bridgehead atoms. The van der Waals surface area contributed by atoms with Crippen molar-refractivity contribution in [3.05, 3.63) is 68.8 Å². The van der Waals surface area contributed by atoms with E-state index >= 15 is 0 Å². The molecule has 20 heavy (non-hydrogen) atoms. The van der Waals surface area contributed by atoms with E-state index in [1.807, 2.05) is 18.2 Å². The van der Waals surface area contributed by atoms with Gasteiger partial charge >= 0.3 is 0 Å². The van der Waals surface area contributed by atoms with Gasteiger partial charge in [-0.1, -0.05) is 30.3 Å². The summed E-state index contributed by atoms with van der Waals surface area (Å²) in [4.78, 5) is 15.0. The van der Waals surface area contributed by atoms with E-state index in [4.69, 9.17) is 0 Å². The van der Waals surface area contributed by atoms with Crippen LogP contribution in [0.15, 0.2) is 51.7 Å². The van der Waals surface area contributed by atoms with Gasteiger partial charge in [-0.3, -0.25) is 4.79 Å². The average Bonchev–Trinajstić information content (AvgIpc) is 2.45. The molecule has 0 spiro atoms. The number of fused-ring (bicyclic) bond motifs is 1. The number of H-pyrrole nitrogens is 1. The molecule has 1 heterocycles. The molecule has 100 valence electrons. The molecular weight excluding hydrogens is 328 g/mol. The SMILES string of the molecule is O=c1cc(-c2ccccc2)[nH]c2c(F)cc(F)c(Br)c12. The smallest absolute Gasteiger partial charge is 0.191 e. The van der Waals surface area contributed by atoms with Crippen LogP contribution < -0.4 is 5.43 Å². The van der Waals surface area contributed by atoms with Gasteiger partial charge in [-0.05, 0) is 21.5 Å². The molecule has 3 aromatic rings. The number of aromatic nitrogens is 1. The predicted molar refractivity (Wildman–Crippen MR) is 77.6 cm³/mol. The van der Waals surface area contributed by atoms with Crippen LogP contribution in [0.5, 0.6) is 0 Å². The molecule has 0 unspecified atom stereocenters. The van der Waals surface area contributed by atoms with Crippen molar-refractivity contribution in [3.63, 3.8) is 0 Å². The minimum absolute atomic E-state index is 0.00960. The molecule has 0 saturated carbocycles. The highest BCUT2D eigenvalue weighted by molar-refractivity contribution is 9.10. The Hall–Kier alpha value is -2.01. The van der Waals surface area contributed by atoms with Crippen LogP contribution in [0, 0.1) is 11.6 Å². The maximum atomic E-state index is 13.9. The van der Waals surface area contributed by atoms with Gasteiger partial charge in [0.05, 0.1) is 15.4 Å². The zero-order valence-corrected chi connectivity index (χ0v) is 11.7. The number of hydrogen-bond donors (Lipinski definition) is 1. The van der Waals surface area contributed by atoms with Crippen molar-refractivity contribution in [3.8, 4) is 11.3 Å². The van der Waals surface area contributed by atoms with Crippen LogP contribution in [0.1, 0.15) is 0 Å². The maximum absolute atomic E-state index is 13.9. The monoisotopic (exact) mass is 335 g/mol. The van der Waals surface area contributed by atoms with E-state index in [9.17, 15) is 13.6 Å². The van der Waals surface area contributed by atoms with Crippen LogP contribution >= 0.6 is 15.9 Å². The number of rotatable bonds is 1. The molecule has 0 aliphatic rings. The number of pyridine rings is 1. The molecule has 3 rings (SSSR count). The summed E-state index contributed by atoms with van der Waals surface area (Å²) in [5.41, 5.74) is 0.791. The summed E-state index contributed by atoms with van der Waals surface area (Å²) in [5.74, 6) is -1.59. The van der Waals surface area contributed by atoms with Crippen molar-refractivity contribution >= 4 is 26.8 Å². The molecule has 0 amide bonds. The fraction of sp³-hybridized carbons (Fsp3) is 0. The van der Waals surface area contributed by atoms with Crippen molar-refractivity contribution in [2.75, 3.05) is 0 Å². The molecule has 1 N–H and O–H groups in total. The van der Waals surface area contributed by atoms with Gasteiger partial charge in [0.15, 0.2) is 5.43 Å². The predicted octanol–water partition coefficient (Wildman–Crippen LogP) is 4.24. The highest BCUT2D eigenvalue weighted by Gasteiger charge is 2.15. The zero-order valence-electron chi connectivity index (χ0n) is 10.1. The summed E-state index contributed by atoms with van der Waals surface area (Å²) in [6.45, 7) is 0. The van der Waals surface area contributed by atoms with Gasteiger partial charge in [-0.2, -0.15) is 0 Å². The Balaban J connectivity index is 2.39. The highest BCUT2D eigenvalue weighted by Crippen LogP contribution is 2.27. The summed E-state index contributed by atoms with van der Waals surface area (Å²) in [6.07, 6.45) is 0. The second-order valence-electron chi connectivity index (χ2n) is 4.32. The topological polar surface area (TPSA) is 32.9 Å². The average molecular weight is 336 g/mol. The van der Waals surface area contributed by atoms with E-state index in [1.54, 1.807) is 12.1 Å². The Morgan fingerprint density at radius 1 is 1.00 bits per heavy atom. The molecule has 5 heteroatoms. The Bertz CT molecular complexity index is 859. The zero-order chi connectivity index (χ0) is 14.3. The van der Waals surface area contributed by atoms with Crippen LogP contribution in [0.4, 0.5) is 8.78 Å². The summed E-state index contributed by atoms with van der Waals surface area (Å²) in [7, 11) is 0. The third-order valence-corrected chi connectivity index (χ3v) is 3.81. The number of nitrogens with one attached hydrogen (secondary N) is 1. The lowest BCUT2D eigenvalue weighted by atomic mass is 10.1. The third-order valence-electron chi connectivity index (χ3n) is 3.04. The van der Waals surface area contributed by atoms with E-state index in [-0.39, 0.29) is 15.4 Å². The molecular formula is C15H8BrF2NO. The van der Waals surface area contributed by atoms with Gasteiger partial charge in [-0.15, -0.1) is 0 Å². The maximum Gasteiger partial charge on any atom is 0.191 e. The number of hydrogen-bond acceptors (Lipinski definition) is 1. The van der Waals surface area contributed by atoms with Crippen LogP contribution in [-0.4, -0.2) is 4.98 Å². The van der Waals surface area contributed by atoms with Gasteiger partial charge in [0.2, 0.25) is 0 Å². The Morgan fingerprint density at radius 3 is 2.40 bits per heavy atom. The van der Waals surface area contributed by atoms with Gasteiger partial charge < -0.3 is 4.98 Å². The molecule has 2 aromatic carbocycles. The van der Waals surface area contributed by atoms with Crippen LogP contribution in [0.3, 0.4) is 0 Å². The van der Waals surface area contributed by atoms with E-state index in [0.29, 0.717) is 5.69 Å². The molecule has 0 aliphatic heterocycles. The molecule has 1 aromatic heterocycles. The van der Waals surface area contributed by atoms with Crippen LogP contribution in [0.25, 0.3) is 22.2 Å². The van der Waals surface area contributed by atoms with Crippen molar-refractivity contribution < 1.29 is 8.78 Å². The summed E-state index contributed by atoms with van der Waals surface area (Å²) in [5, 5.41) is -0.0258. The van der Waals surface area contributed by atoms with Crippen molar-refractivity contribution in [1.29, 1.82) is 0 Å². The lowest BCUT2D eigenvalue weighted by Gasteiger charge is -2.07. The van der Waals surface area contributed by atoms with E-state index in [2.05, 4.69) is 20.9 Å². The first-order valence-corrected chi connectivity index (χ1v) is 6.63. The van der Waals surface area contributed by atoms with Gasteiger partial charge in [0.25, 0.3) is 0 Å². The Kier molecular flexibility index (Phi) is 3.14. The minimum Gasteiger partial charge on any atom is -0.352 e. The quantitative estimate of drug-likeness (QED) is 0.663. The second kappa shape index (κ2) is 4.83. The minimum atomic E-state index is -0.798. The summed E-state index contributed by atoms with van der Waals surface area (Å²) in [6, 6.07) is 11.2. The largest absolute Gasteiger partial charge is 0.352 e.